The highest BCUT2D eigenvalue weighted by atomic mass is 31.2. The van der Waals surface area contributed by atoms with Crippen LogP contribution in [0.5, 0.6) is 0 Å². The van der Waals surface area contributed by atoms with Gasteiger partial charge in [-0.2, -0.15) is 26.3 Å². The van der Waals surface area contributed by atoms with Crippen LogP contribution < -0.4 is 0 Å². The van der Waals surface area contributed by atoms with Gasteiger partial charge in [0.2, 0.25) is 0 Å². The fourth-order valence-corrected chi connectivity index (χ4v) is 3.02. The highest BCUT2D eigenvalue weighted by Crippen LogP contribution is 2.55. The predicted molar refractivity (Wildman–Crippen MR) is 66.4 cm³/mol. The molecule has 0 saturated heterocycles. The first-order valence-electron chi connectivity index (χ1n) is 6.60. The average molecular weight is 360 g/mol. The zero-order valence-electron chi connectivity index (χ0n) is 11.9. The van der Waals surface area contributed by atoms with Crippen molar-refractivity contribution in [1.29, 1.82) is 0 Å². The summed E-state index contributed by atoms with van der Waals surface area (Å²) >= 11 is 0. The fraction of sp³-hybridized carbons (Fsp3) is 1.00. The van der Waals surface area contributed by atoms with Crippen molar-refractivity contribution >= 4 is 7.60 Å². The molecule has 0 unspecified atom stereocenters. The van der Waals surface area contributed by atoms with Crippen molar-refractivity contribution in [3.05, 3.63) is 0 Å². The van der Waals surface area contributed by atoms with Gasteiger partial charge in [-0.15, -0.1) is 0 Å². The summed E-state index contributed by atoms with van der Waals surface area (Å²) in [5, 5.41) is 9.61. The second kappa shape index (κ2) is 9.10. The summed E-state index contributed by atoms with van der Waals surface area (Å²) in [4.78, 5) is 0. The number of halogens is 6. The van der Waals surface area contributed by atoms with Gasteiger partial charge >= 0.3 is 19.9 Å². The molecule has 1 atom stereocenters. The van der Waals surface area contributed by atoms with Crippen LogP contribution in [-0.2, 0) is 13.6 Å². The molecule has 0 aromatic heterocycles. The van der Waals surface area contributed by atoms with Crippen LogP contribution in [0, 0.1) is 0 Å². The van der Waals surface area contributed by atoms with E-state index < -0.39 is 39.0 Å². The van der Waals surface area contributed by atoms with E-state index in [0.717, 1.165) is 12.8 Å². The summed E-state index contributed by atoms with van der Waals surface area (Å²) in [5.41, 5.74) is 0. The molecule has 11 heteroatoms. The second-order valence-corrected chi connectivity index (χ2v) is 6.84. The topological polar surface area (TPSA) is 55.8 Å². The maximum Gasteiger partial charge on any atom is 0.412 e. The van der Waals surface area contributed by atoms with Crippen LogP contribution in [0.1, 0.15) is 39.0 Å². The first-order valence-corrected chi connectivity index (χ1v) is 8.21. The summed E-state index contributed by atoms with van der Waals surface area (Å²) < 4.78 is 92.3. The van der Waals surface area contributed by atoms with Gasteiger partial charge in [0.25, 0.3) is 0 Å². The van der Waals surface area contributed by atoms with Crippen LogP contribution in [0.25, 0.3) is 0 Å². The van der Waals surface area contributed by atoms with Gasteiger partial charge in [-0.3, -0.25) is 13.6 Å². The average Bonchev–Trinajstić information content (AvgIpc) is 2.37. The molecule has 0 amide bonds. The van der Waals surface area contributed by atoms with Crippen LogP contribution >= 0.6 is 7.60 Å². The number of rotatable bonds is 10. The van der Waals surface area contributed by atoms with E-state index in [-0.39, 0.29) is 12.8 Å². The Bertz CT molecular complexity index is 335. The van der Waals surface area contributed by atoms with E-state index >= 15 is 0 Å². The highest BCUT2D eigenvalue weighted by molar-refractivity contribution is 7.54. The van der Waals surface area contributed by atoms with Crippen molar-refractivity contribution in [3.8, 4) is 0 Å². The lowest BCUT2D eigenvalue weighted by Gasteiger charge is -2.24. The highest BCUT2D eigenvalue weighted by Gasteiger charge is 2.42. The van der Waals surface area contributed by atoms with Crippen molar-refractivity contribution in [1.82, 2.24) is 0 Å². The third-order valence-electron chi connectivity index (χ3n) is 2.50. The number of unbranched alkanes of at least 4 members (excludes halogenated alkanes) is 3. The van der Waals surface area contributed by atoms with E-state index in [0.29, 0.717) is 6.42 Å². The van der Waals surface area contributed by atoms with Gasteiger partial charge in [-0.25, -0.2) is 0 Å². The summed E-state index contributed by atoms with van der Waals surface area (Å²) in [6.45, 7) is -2.23. The molecule has 0 rings (SSSR count). The number of alkyl halides is 6. The maximum absolute atomic E-state index is 12.1. The van der Waals surface area contributed by atoms with Crippen LogP contribution in [0.2, 0.25) is 0 Å². The molecule has 0 spiro atoms. The van der Waals surface area contributed by atoms with Crippen LogP contribution in [-0.4, -0.2) is 36.5 Å². The van der Waals surface area contributed by atoms with E-state index in [1.165, 1.54) is 0 Å². The van der Waals surface area contributed by atoms with E-state index in [4.69, 9.17) is 0 Å². The monoisotopic (exact) mass is 360 g/mol. The third kappa shape index (κ3) is 10.4. The molecule has 0 aliphatic carbocycles. The largest absolute Gasteiger partial charge is 0.412 e. The molecule has 1 N–H and O–H groups in total. The van der Waals surface area contributed by atoms with Gasteiger partial charge in [0.1, 0.15) is 0 Å². The summed E-state index contributed by atoms with van der Waals surface area (Å²) in [5.74, 6) is -2.03. The number of aliphatic hydroxyl groups excluding tert-OH is 1. The molecular formula is C11H19F6O4P. The molecule has 0 aliphatic heterocycles. The van der Waals surface area contributed by atoms with E-state index in [1.54, 1.807) is 0 Å². The standard InChI is InChI=1S/C11H19F6O4P/c1-2-3-4-5-6-9(18)22(19,20-7-10(12,13)14)21-8-11(15,16)17/h9,18H,2-8H2,1H3/t9-/m0/s1. The van der Waals surface area contributed by atoms with Crippen LogP contribution in [0.4, 0.5) is 26.3 Å². The van der Waals surface area contributed by atoms with Crippen molar-refractivity contribution in [2.24, 2.45) is 0 Å². The Balaban J connectivity index is 4.71. The molecule has 0 saturated carbocycles. The predicted octanol–water partition coefficient (Wildman–Crippen LogP) is 4.63. The Morgan fingerprint density at radius 1 is 0.955 bits per heavy atom. The lowest BCUT2D eigenvalue weighted by atomic mass is 10.2. The first-order chi connectivity index (χ1) is 9.90. The molecule has 0 fully saturated rings. The van der Waals surface area contributed by atoms with Gasteiger partial charge in [0.15, 0.2) is 19.1 Å². The minimum Gasteiger partial charge on any atom is -0.380 e. The van der Waals surface area contributed by atoms with Crippen LogP contribution in [0.15, 0.2) is 0 Å². The fourth-order valence-electron chi connectivity index (χ4n) is 1.45. The molecule has 4 nitrogen and oxygen atoms in total. The lowest BCUT2D eigenvalue weighted by molar-refractivity contribution is -0.166. The molecule has 0 aromatic rings. The maximum atomic E-state index is 12.1. The van der Waals surface area contributed by atoms with Gasteiger partial charge in [-0.1, -0.05) is 32.6 Å². The number of hydrogen-bond donors (Lipinski definition) is 1. The first kappa shape index (κ1) is 21.7. The normalized spacial score (nSPS) is 15.1. The van der Waals surface area contributed by atoms with Crippen molar-refractivity contribution in [3.63, 3.8) is 0 Å². The van der Waals surface area contributed by atoms with Crippen molar-refractivity contribution < 1.29 is 45.1 Å². The zero-order valence-corrected chi connectivity index (χ0v) is 12.8. The van der Waals surface area contributed by atoms with Gasteiger partial charge in [-0.05, 0) is 6.42 Å². The van der Waals surface area contributed by atoms with Crippen molar-refractivity contribution in [2.75, 3.05) is 13.2 Å². The quantitative estimate of drug-likeness (QED) is 0.351. The molecule has 0 bridgehead atoms. The minimum absolute atomic E-state index is 0.271. The Morgan fingerprint density at radius 2 is 1.41 bits per heavy atom. The van der Waals surface area contributed by atoms with Gasteiger partial charge in [0.05, 0.1) is 0 Å². The summed E-state index contributed by atoms with van der Waals surface area (Å²) in [6, 6.07) is 0. The van der Waals surface area contributed by atoms with E-state index in [1.807, 2.05) is 6.92 Å². The summed E-state index contributed by atoms with van der Waals surface area (Å²) in [7, 11) is -4.94. The van der Waals surface area contributed by atoms with Crippen LogP contribution in [0.3, 0.4) is 0 Å². The Hall–Kier alpha value is -0.310. The molecule has 0 heterocycles. The summed E-state index contributed by atoms with van der Waals surface area (Å²) in [6.07, 6.45) is -7.60. The number of aliphatic hydroxyl groups is 1. The molecule has 0 aliphatic rings. The van der Waals surface area contributed by atoms with E-state index in [9.17, 15) is 36.0 Å². The second-order valence-electron chi connectivity index (χ2n) is 4.65. The SMILES string of the molecule is CCCCCC[C@@H](O)P(=O)(OCC(F)(F)F)OCC(F)(F)F. The van der Waals surface area contributed by atoms with Gasteiger partial charge < -0.3 is 5.11 Å². The van der Waals surface area contributed by atoms with Gasteiger partial charge in [0, 0.05) is 0 Å². The molecule has 134 valence electrons. The molecular weight excluding hydrogens is 341 g/mol. The Kier molecular flexibility index (Phi) is 8.97. The van der Waals surface area contributed by atoms with Crippen molar-refractivity contribution in [2.45, 2.75) is 57.2 Å². The molecule has 0 aromatic carbocycles. The van der Waals surface area contributed by atoms with E-state index in [2.05, 4.69) is 9.05 Å². The smallest absolute Gasteiger partial charge is 0.380 e. The third-order valence-corrected chi connectivity index (χ3v) is 4.46. The number of hydrogen-bond acceptors (Lipinski definition) is 4. The Labute approximate surface area is 124 Å². The molecule has 22 heavy (non-hydrogen) atoms. The Morgan fingerprint density at radius 3 is 1.77 bits per heavy atom. The lowest BCUT2D eigenvalue weighted by Crippen LogP contribution is -2.24. The molecule has 0 radical (unpaired) electrons. The zero-order chi connectivity index (χ0) is 17.4. The minimum atomic E-state index is -4.94.